The molecule has 0 amide bonds. The van der Waals surface area contributed by atoms with Crippen molar-refractivity contribution in [2.24, 2.45) is 5.92 Å². The molecule has 10 heteroatoms. The third kappa shape index (κ3) is 3.78. The Morgan fingerprint density at radius 1 is 1.26 bits per heavy atom. The lowest BCUT2D eigenvalue weighted by atomic mass is 9.99. The maximum atomic E-state index is 13.1. The molecule has 1 aromatic rings. The summed E-state index contributed by atoms with van der Waals surface area (Å²) in [7, 11) is -4.38. The summed E-state index contributed by atoms with van der Waals surface area (Å²) in [4.78, 5) is 10.0. The lowest BCUT2D eigenvalue weighted by Crippen LogP contribution is -2.40. The van der Waals surface area contributed by atoms with Crippen molar-refractivity contribution in [3.8, 4) is 0 Å². The molecule has 1 saturated heterocycles. The number of sulfonamides is 1. The Kier molecular flexibility index (Phi) is 4.93. The van der Waals surface area contributed by atoms with Gasteiger partial charge in [0.1, 0.15) is 0 Å². The number of aliphatic carboxylic acids is 1. The normalized spacial score (nSPS) is 18.1. The molecule has 0 saturated carbocycles. The average Bonchev–Trinajstić information content (AvgIpc) is 2.46. The molecule has 0 aromatic heterocycles. The Balaban J connectivity index is 2.36. The first kappa shape index (κ1) is 18.0. The van der Waals surface area contributed by atoms with Crippen molar-refractivity contribution >= 4 is 27.6 Å². The highest BCUT2D eigenvalue weighted by Gasteiger charge is 2.40. The third-order valence-electron chi connectivity index (χ3n) is 3.67. The highest BCUT2D eigenvalue weighted by Crippen LogP contribution is 2.37. The number of benzene rings is 1. The number of carboxylic acid groups (broad SMARTS) is 1. The zero-order valence-electron chi connectivity index (χ0n) is 11.7. The van der Waals surface area contributed by atoms with Crippen LogP contribution in [0.25, 0.3) is 0 Å². The van der Waals surface area contributed by atoms with Crippen LogP contribution in [0, 0.1) is 5.92 Å². The van der Waals surface area contributed by atoms with E-state index in [2.05, 4.69) is 0 Å². The van der Waals surface area contributed by atoms with Gasteiger partial charge in [0.2, 0.25) is 10.0 Å². The molecule has 1 fully saturated rings. The highest BCUT2D eigenvalue weighted by molar-refractivity contribution is 7.89. The van der Waals surface area contributed by atoms with Crippen molar-refractivity contribution in [2.45, 2.75) is 23.9 Å². The fourth-order valence-corrected chi connectivity index (χ4v) is 4.27. The quantitative estimate of drug-likeness (QED) is 0.886. The summed E-state index contributed by atoms with van der Waals surface area (Å²) in [6, 6.07) is 2.47. The lowest BCUT2D eigenvalue weighted by Gasteiger charge is -2.30. The summed E-state index contributed by atoms with van der Waals surface area (Å²) in [6.07, 6.45) is -4.75. The zero-order valence-corrected chi connectivity index (χ0v) is 13.2. The van der Waals surface area contributed by atoms with Gasteiger partial charge in [0, 0.05) is 18.1 Å². The van der Waals surface area contributed by atoms with Gasteiger partial charge in [0.15, 0.2) is 0 Å². The number of hydrogen-bond donors (Lipinski definition) is 1. The van der Waals surface area contributed by atoms with E-state index >= 15 is 0 Å². The van der Waals surface area contributed by atoms with E-state index in [1.807, 2.05) is 0 Å². The van der Waals surface area contributed by atoms with Crippen molar-refractivity contribution < 1.29 is 31.5 Å². The summed E-state index contributed by atoms with van der Waals surface area (Å²) in [6.45, 7) is -0.279. The van der Waals surface area contributed by atoms with Crippen LogP contribution in [0.5, 0.6) is 0 Å². The van der Waals surface area contributed by atoms with E-state index in [-0.39, 0.29) is 31.0 Å². The molecule has 128 valence electrons. The molecule has 0 aliphatic carbocycles. The van der Waals surface area contributed by atoms with Gasteiger partial charge >= 0.3 is 12.1 Å². The summed E-state index contributed by atoms with van der Waals surface area (Å²) in [5, 5.41) is 8.67. The maximum absolute atomic E-state index is 13.1. The SMILES string of the molecule is O=C(O)C1CCN(S(=O)(=O)c2ccc(Cl)cc2C(F)(F)F)CC1. The van der Waals surface area contributed by atoms with Gasteiger partial charge in [-0.2, -0.15) is 17.5 Å². The van der Waals surface area contributed by atoms with Crippen molar-refractivity contribution in [3.63, 3.8) is 0 Å². The highest BCUT2D eigenvalue weighted by atomic mass is 35.5. The minimum absolute atomic E-state index is 0.0590. The van der Waals surface area contributed by atoms with Gasteiger partial charge in [0.05, 0.1) is 16.4 Å². The molecule has 5 nitrogen and oxygen atoms in total. The first-order valence-electron chi connectivity index (χ1n) is 6.63. The van der Waals surface area contributed by atoms with E-state index < -0.39 is 38.5 Å². The monoisotopic (exact) mass is 371 g/mol. The summed E-state index contributed by atoms with van der Waals surface area (Å²) >= 11 is 5.54. The van der Waals surface area contributed by atoms with Gasteiger partial charge < -0.3 is 5.11 Å². The molecule has 2 rings (SSSR count). The molecule has 0 unspecified atom stereocenters. The Labute approximate surface area is 135 Å². The third-order valence-corrected chi connectivity index (χ3v) is 5.86. The van der Waals surface area contributed by atoms with Crippen LogP contribution in [-0.2, 0) is 21.0 Å². The first-order chi connectivity index (χ1) is 10.5. The van der Waals surface area contributed by atoms with Crippen molar-refractivity contribution in [2.75, 3.05) is 13.1 Å². The maximum Gasteiger partial charge on any atom is 0.417 e. The molecular formula is C13H13ClF3NO4S. The molecule has 0 spiro atoms. The number of carbonyl (C=O) groups is 1. The van der Waals surface area contributed by atoms with E-state index in [0.717, 1.165) is 16.4 Å². The van der Waals surface area contributed by atoms with Crippen molar-refractivity contribution in [1.82, 2.24) is 4.31 Å². The zero-order chi connectivity index (χ0) is 17.4. The fraction of sp³-hybridized carbons (Fsp3) is 0.462. The van der Waals surface area contributed by atoms with Crippen LogP contribution in [0.3, 0.4) is 0 Å². The Morgan fingerprint density at radius 2 is 1.83 bits per heavy atom. The Hall–Kier alpha value is -1.32. The van der Waals surface area contributed by atoms with Crippen LogP contribution in [0.15, 0.2) is 23.1 Å². The number of hydrogen-bond acceptors (Lipinski definition) is 3. The number of piperidine rings is 1. The molecule has 1 N–H and O–H groups in total. The standard InChI is InChI=1S/C13H13ClF3NO4S/c14-9-1-2-11(10(7-9)13(15,16)17)23(21,22)18-5-3-8(4-6-18)12(19)20/h1-2,7-8H,3-6H2,(H,19,20). The van der Waals surface area contributed by atoms with Gasteiger partial charge in [0.25, 0.3) is 0 Å². The van der Waals surface area contributed by atoms with Crippen LogP contribution in [0.2, 0.25) is 5.02 Å². The van der Waals surface area contributed by atoms with E-state index in [9.17, 15) is 26.4 Å². The number of nitrogens with zero attached hydrogens (tertiary/aromatic N) is 1. The largest absolute Gasteiger partial charge is 0.481 e. The van der Waals surface area contributed by atoms with Gasteiger partial charge in [-0.1, -0.05) is 11.6 Å². The van der Waals surface area contributed by atoms with Crippen LogP contribution >= 0.6 is 11.6 Å². The van der Waals surface area contributed by atoms with E-state index in [1.165, 1.54) is 0 Å². The fourth-order valence-electron chi connectivity index (χ4n) is 2.43. The molecule has 23 heavy (non-hydrogen) atoms. The summed E-state index contributed by atoms with van der Waals surface area (Å²) in [5.74, 6) is -1.72. The molecule has 1 heterocycles. The Morgan fingerprint density at radius 3 is 2.30 bits per heavy atom. The molecule has 1 aromatic carbocycles. The second-order valence-electron chi connectivity index (χ2n) is 5.15. The molecule has 1 aliphatic rings. The molecule has 0 atom stereocenters. The van der Waals surface area contributed by atoms with Crippen LogP contribution in [0.1, 0.15) is 18.4 Å². The van der Waals surface area contributed by atoms with Gasteiger partial charge in [-0.3, -0.25) is 4.79 Å². The summed E-state index contributed by atoms with van der Waals surface area (Å²) in [5.41, 5.74) is -1.33. The van der Waals surface area contributed by atoms with Crippen molar-refractivity contribution in [3.05, 3.63) is 28.8 Å². The lowest BCUT2D eigenvalue weighted by molar-refractivity contribution is -0.143. The molecule has 1 aliphatic heterocycles. The second kappa shape index (κ2) is 6.29. The van der Waals surface area contributed by atoms with Crippen molar-refractivity contribution in [1.29, 1.82) is 0 Å². The molecule has 0 radical (unpaired) electrons. The smallest absolute Gasteiger partial charge is 0.417 e. The Bertz CT molecular complexity index is 712. The minimum atomic E-state index is -4.87. The van der Waals surface area contributed by atoms with Gasteiger partial charge in [-0.25, -0.2) is 8.42 Å². The van der Waals surface area contributed by atoms with Gasteiger partial charge in [-0.05, 0) is 31.0 Å². The predicted molar refractivity (Wildman–Crippen MR) is 75.6 cm³/mol. The molecule has 0 bridgehead atoms. The molecular weight excluding hydrogens is 359 g/mol. The number of rotatable bonds is 3. The van der Waals surface area contributed by atoms with Crippen LogP contribution in [-0.4, -0.2) is 36.9 Å². The topological polar surface area (TPSA) is 74.7 Å². The van der Waals surface area contributed by atoms with Crippen LogP contribution < -0.4 is 0 Å². The second-order valence-corrected chi connectivity index (χ2v) is 7.50. The number of carboxylic acids is 1. The van der Waals surface area contributed by atoms with E-state index in [1.54, 1.807) is 0 Å². The van der Waals surface area contributed by atoms with Crippen LogP contribution in [0.4, 0.5) is 13.2 Å². The van der Waals surface area contributed by atoms with Gasteiger partial charge in [-0.15, -0.1) is 0 Å². The number of halogens is 4. The van der Waals surface area contributed by atoms with E-state index in [4.69, 9.17) is 16.7 Å². The predicted octanol–water partition coefficient (Wildman–Crippen LogP) is 2.84. The minimum Gasteiger partial charge on any atom is -0.481 e. The van der Waals surface area contributed by atoms with E-state index in [0.29, 0.717) is 6.07 Å². The summed E-state index contributed by atoms with van der Waals surface area (Å²) < 4.78 is 65.1. The average molecular weight is 372 g/mol. The first-order valence-corrected chi connectivity index (χ1v) is 8.45. The number of alkyl halides is 3.